The number of morpholine rings is 1. The summed E-state index contributed by atoms with van der Waals surface area (Å²) < 4.78 is 16.1. The number of rotatable bonds is 5. The number of aliphatic hydroxyl groups is 1. The largest absolute Gasteiger partial charge is 0.507 e. The fourth-order valence-electron chi connectivity index (χ4n) is 4.28. The maximum absolute atomic E-state index is 13.1. The molecule has 1 N–H and O–H groups in total. The van der Waals surface area contributed by atoms with E-state index in [2.05, 4.69) is 9.88 Å². The lowest BCUT2D eigenvalue weighted by Crippen LogP contribution is -2.42. The van der Waals surface area contributed by atoms with Crippen LogP contribution in [0, 0.1) is 0 Å². The van der Waals surface area contributed by atoms with Crippen molar-refractivity contribution in [2.24, 2.45) is 0 Å². The van der Waals surface area contributed by atoms with Crippen LogP contribution >= 0.6 is 0 Å². The molecule has 0 bridgehead atoms. The first kappa shape index (κ1) is 20.5. The van der Waals surface area contributed by atoms with Gasteiger partial charge in [0.25, 0.3) is 11.7 Å². The summed E-state index contributed by atoms with van der Waals surface area (Å²) in [4.78, 5) is 33.9. The number of hydrogen-bond acceptors (Lipinski definition) is 8. The summed E-state index contributed by atoms with van der Waals surface area (Å²) in [6.45, 7) is 3.93. The van der Waals surface area contributed by atoms with E-state index in [4.69, 9.17) is 14.2 Å². The van der Waals surface area contributed by atoms with E-state index in [1.165, 1.54) is 4.90 Å². The molecule has 9 heteroatoms. The third-order valence-corrected chi connectivity index (χ3v) is 5.97. The van der Waals surface area contributed by atoms with Gasteiger partial charge in [-0.3, -0.25) is 19.5 Å². The van der Waals surface area contributed by atoms with Crippen LogP contribution in [0.4, 0.5) is 0 Å². The van der Waals surface area contributed by atoms with E-state index in [0.29, 0.717) is 48.9 Å². The van der Waals surface area contributed by atoms with Gasteiger partial charge in [0.1, 0.15) is 5.76 Å². The van der Waals surface area contributed by atoms with Crippen LogP contribution in [0.2, 0.25) is 0 Å². The van der Waals surface area contributed by atoms with Crippen molar-refractivity contribution in [1.29, 1.82) is 0 Å². The first-order valence-electron chi connectivity index (χ1n) is 10.5. The molecule has 9 nitrogen and oxygen atoms in total. The Morgan fingerprint density at radius 1 is 1.03 bits per heavy atom. The lowest BCUT2D eigenvalue weighted by molar-refractivity contribution is -0.140. The molecule has 3 aliphatic heterocycles. The number of likely N-dealkylation sites (tertiary alicyclic amines) is 1. The number of benzene rings is 1. The van der Waals surface area contributed by atoms with Crippen LogP contribution in [0.1, 0.15) is 17.2 Å². The lowest BCUT2D eigenvalue weighted by Gasteiger charge is -2.30. The highest BCUT2D eigenvalue weighted by Crippen LogP contribution is 2.41. The van der Waals surface area contributed by atoms with E-state index in [0.717, 1.165) is 13.1 Å². The van der Waals surface area contributed by atoms with Crippen molar-refractivity contribution in [3.63, 3.8) is 0 Å². The first-order valence-corrected chi connectivity index (χ1v) is 10.5. The minimum absolute atomic E-state index is 0.0574. The zero-order valence-corrected chi connectivity index (χ0v) is 17.4. The smallest absolute Gasteiger partial charge is 0.295 e. The Kier molecular flexibility index (Phi) is 5.50. The fourth-order valence-corrected chi connectivity index (χ4v) is 4.28. The topological polar surface area (TPSA) is 101 Å². The van der Waals surface area contributed by atoms with Gasteiger partial charge in [-0.05, 0) is 35.9 Å². The SMILES string of the molecule is O=C1C(=O)N(CCN2CCOCC2)C(c2ccncc2)C1=C(O)c1ccc2c(c1)OCO2. The fraction of sp³-hybridized carbons (Fsp3) is 0.348. The number of amides is 1. The Bertz CT molecular complexity index is 1060. The molecule has 1 atom stereocenters. The van der Waals surface area contributed by atoms with Crippen molar-refractivity contribution in [1.82, 2.24) is 14.8 Å². The number of ether oxygens (including phenoxy) is 3. The molecule has 3 aliphatic rings. The zero-order valence-electron chi connectivity index (χ0n) is 17.4. The predicted octanol–water partition coefficient (Wildman–Crippen LogP) is 1.56. The standard InChI is InChI=1S/C23H23N3O6/c27-21(16-1-2-17-18(13-16)32-14-31-17)19-20(15-3-5-24-6-4-15)26(23(29)22(19)28)8-7-25-9-11-30-12-10-25/h1-6,13,20,27H,7-12,14H2. The molecule has 166 valence electrons. The van der Waals surface area contributed by atoms with E-state index in [1.807, 2.05) is 0 Å². The number of hydrogen-bond donors (Lipinski definition) is 1. The normalized spacial score (nSPS) is 22.5. The van der Waals surface area contributed by atoms with Crippen LogP contribution < -0.4 is 9.47 Å². The van der Waals surface area contributed by atoms with Crippen molar-refractivity contribution >= 4 is 17.4 Å². The van der Waals surface area contributed by atoms with E-state index < -0.39 is 17.7 Å². The Labute approximate surface area is 184 Å². The van der Waals surface area contributed by atoms with Crippen LogP contribution in [-0.2, 0) is 14.3 Å². The van der Waals surface area contributed by atoms with Crippen molar-refractivity contribution < 1.29 is 28.9 Å². The number of carbonyl (C=O) groups excluding carboxylic acids is 2. The number of Topliss-reactive ketones (excluding diaryl/α,β-unsaturated/α-hetero) is 1. The van der Waals surface area contributed by atoms with E-state index in [9.17, 15) is 14.7 Å². The molecular formula is C23H23N3O6. The van der Waals surface area contributed by atoms with Gasteiger partial charge in [0.2, 0.25) is 6.79 Å². The highest BCUT2D eigenvalue weighted by atomic mass is 16.7. The molecule has 1 aromatic carbocycles. The van der Waals surface area contributed by atoms with Crippen LogP contribution in [0.15, 0.2) is 48.3 Å². The molecule has 2 fully saturated rings. The molecular weight excluding hydrogens is 414 g/mol. The van der Waals surface area contributed by atoms with Crippen LogP contribution in [0.3, 0.4) is 0 Å². The van der Waals surface area contributed by atoms with E-state index in [1.54, 1.807) is 42.7 Å². The summed E-state index contributed by atoms with van der Waals surface area (Å²) in [6.07, 6.45) is 3.22. The molecule has 2 aromatic rings. The maximum atomic E-state index is 13.1. The first-order chi connectivity index (χ1) is 15.6. The molecule has 0 saturated carbocycles. The van der Waals surface area contributed by atoms with Gasteiger partial charge in [-0.1, -0.05) is 0 Å². The number of ketones is 1. The highest BCUT2D eigenvalue weighted by molar-refractivity contribution is 6.46. The minimum Gasteiger partial charge on any atom is -0.507 e. The second-order valence-electron chi connectivity index (χ2n) is 7.80. The summed E-state index contributed by atoms with van der Waals surface area (Å²) in [6, 6.07) is 7.74. The lowest BCUT2D eigenvalue weighted by atomic mass is 9.96. The Balaban J connectivity index is 1.52. The van der Waals surface area contributed by atoms with Gasteiger partial charge in [-0.15, -0.1) is 0 Å². The molecule has 1 unspecified atom stereocenters. The summed E-state index contributed by atoms with van der Waals surface area (Å²) in [5, 5.41) is 11.1. The Morgan fingerprint density at radius 3 is 2.56 bits per heavy atom. The van der Waals surface area contributed by atoms with Crippen molar-refractivity contribution in [3.8, 4) is 11.5 Å². The molecule has 4 heterocycles. The van der Waals surface area contributed by atoms with Gasteiger partial charge < -0.3 is 24.2 Å². The van der Waals surface area contributed by atoms with Gasteiger partial charge in [-0.2, -0.15) is 0 Å². The molecule has 1 amide bonds. The second kappa shape index (κ2) is 8.60. The van der Waals surface area contributed by atoms with Gasteiger partial charge in [0.15, 0.2) is 11.5 Å². The van der Waals surface area contributed by atoms with Crippen LogP contribution in [-0.4, -0.2) is 77.8 Å². The number of aliphatic hydroxyl groups excluding tert-OH is 1. The Morgan fingerprint density at radius 2 is 1.78 bits per heavy atom. The van der Waals surface area contributed by atoms with Crippen molar-refractivity contribution in [3.05, 3.63) is 59.4 Å². The average molecular weight is 437 g/mol. The molecule has 5 rings (SSSR count). The third kappa shape index (κ3) is 3.69. The molecule has 0 aliphatic carbocycles. The van der Waals surface area contributed by atoms with Crippen molar-refractivity contribution in [2.75, 3.05) is 46.2 Å². The van der Waals surface area contributed by atoms with Crippen LogP contribution in [0.25, 0.3) is 5.76 Å². The monoisotopic (exact) mass is 437 g/mol. The van der Waals surface area contributed by atoms with Crippen molar-refractivity contribution in [2.45, 2.75) is 6.04 Å². The molecule has 1 aromatic heterocycles. The summed E-state index contributed by atoms with van der Waals surface area (Å²) in [5.74, 6) is -0.516. The molecule has 0 radical (unpaired) electrons. The molecule has 0 spiro atoms. The number of nitrogens with zero attached hydrogens (tertiary/aromatic N) is 3. The van der Waals surface area contributed by atoms with Crippen LogP contribution in [0.5, 0.6) is 11.5 Å². The maximum Gasteiger partial charge on any atom is 0.295 e. The average Bonchev–Trinajstić information content (AvgIpc) is 3.40. The van der Waals surface area contributed by atoms with E-state index >= 15 is 0 Å². The third-order valence-electron chi connectivity index (χ3n) is 5.97. The zero-order chi connectivity index (χ0) is 22.1. The quantitative estimate of drug-likeness (QED) is 0.427. The van der Waals surface area contributed by atoms with Gasteiger partial charge in [0.05, 0.1) is 24.8 Å². The highest BCUT2D eigenvalue weighted by Gasteiger charge is 2.46. The molecule has 2 saturated heterocycles. The number of pyridine rings is 1. The minimum atomic E-state index is -0.705. The summed E-state index contributed by atoms with van der Waals surface area (Å²) in [5.41, 5.74) is 1.16. The summed E-state index contributed by atoms with van der Waals surface area (Å²) >= 11 is 0. The van der Waals surface area contributed by atoms with E-state index in [-0.39, 0.29) is 18.1 Å². The number of carbonyl (C=O) groups is 2. The van der Waals surface area contributed by atoms with Gasteiger partial charge in [-0.25, -0.2) is 0 Å². The summed E-state index contributed by atoms with van der Waals surface area (Å²) in [7, 11) is 0. The second-order valence-corrected chi connectivity index (χ2v) is 7.80. The van der Waals surface area contributed by atoms with Gasteiger partial charge >= 0.3 is 0 Å². The van der Waals surface area contributed by atoms with Gasteiger partial charge in [0, 0.05) is 44.1 Å². The molecule has 32 heavy (non-hydrogen) atoms. The Hall–Kier alpha value is -3.43. The number of aromatic nitrogens is 1. The predicted molar refractivity (Wildman–Crippen MR) is 113 cm³/mol. The number of fused-ring (bicyclic) bond motifs is 1.